The van der Waals surface area contributed by atoms with Crippen LogP contribution in [0.1, 0.15) is 61.7 Å². The summed E-state index contributed by atoms with van der Waals surface area (Å²) in [5.74, 6) is 0.678. The molecule has 0 bridgehead atoms. The molecule has 0 aromatic heterocycles. The van der Waals surface area contributed by atoms with Gasteiger partial charge in [-0.3, -0.25) is 4.79 Å². The Bertz CT molecular complexity index is 1320. The van der Waals surface area contributed by atoms with Gasteiger partial charge in [0.1, 0.15) is 24.7 Å². The number of carbonyl (C=O) groups is 1. The summed E-state index contributed by atoms with van der Waals surface area (Å²) >= 11 is 3.13. The minimum absolute atomic E-state index is 0.0199. The van der Waals surface area contributed by atoms with Crippen LogP contribution in [0.3, 0.4) is 0 Å². The fraction of sp³-hybridized carbons (Fsp3) is 0.464. The smallest absolute Gasteiger partial charge is 0.197 e. The number of halogens is 2. The van der Waals surface area contributed by atoms with Crippen LogP contribution in [0.4, 0.5) is 10.1 Å². The van der Waals surface area contributed by atoms with E-state index in [0.29, 0.717) is 48.2 Å². The highest BCUT2D eigenvalue weighted by Gasteiger charge is 2.35. The monoisotopic (exact) mass is 586 g/mol. The lowest BCUT2D eigenvalue weighted by Gasteiger charge is -2.34. The van der Waals surface area contributed by atoms with Gasteiger partial charge in [0, 0.05) is 17.7 Å². The molecule has 2 aromatic carbocycles. The fourth-order valence-corrected chi connectivity index (χ4v) is 5.24. The van der Waals surface area contributed by atoms with Gasteiger partial charge in [-0.1, -0.05) is 20.8 Å². The predicted molar refractivity (Wildman–Crippen MR) is 147 cm³/mol. The fourth-order valence-electron chi connectivity index (χ4n) is 4.84. The number of nitriles is 1. The van der Waals surface area contributed by atoms with Crippen LogP contribution in [0.25, 0.3) is 0 Å². The molecule has 0 aliphatic carbocycles. The minimum Gasteiger partial charge on any atom is -0.490 e. The molecule has 4 rings (SSSR count). The number of hydrogen-bond donors (Lipinski definition) is 0. The first kappa shape index (κ1) is 27.7. The molecule has 0 radical (unpaired) electrons. The lowest BCUT2D eigenvalue weighted by Crippen LogP contribution is -2.35. The first-order valence-electron chi connectivity index (χ1n) is 12.7. The third-order valence-corrected chi connectivity index (χ3v) is 6.90. The van der Waals surface area contributed by atoms with Gasteiger partial charge in [-0.2, -0.15) is 9.28 Å². The van der Waals surface area contributed by atoms with Crippen molar-refractivity contribution >= 4 is 33.5 Å². The summed E-state index contributed by atoms with van der Waals surface area (Å²) in [4.78, 5) is 17.4. The van der Waals surface area contributed by atoms with Crippen LogP contribution in [0.2, 0.25) is 0 Å². The largest absolute Gasteiger partial charge is 0.490 e. The van der Waals surface area contributed by atoms with Gasteiger partial charge in [0.15, 0.2) is 23.1 Å². The molecular formula is C28H32BrFN4O4. The van der Waals surface area contributed by atoms with E-state index >= 15 is 4.39 Å². The first-order valence-corrected chi connectivity index (χ1v) is 13.4. The molecule has 2 aromatic rings. The van der Waals surface area contributed by atoms with Crippen LogP contribution in [0.5, 0.6) is 17.2 Å². The Morgan fingerprint density at radius 2 is 1.95 bits per heavy atom. The van der Waals surface area contributed by atoms with Crippen LogP contribution in [0.15, 0.2) is 22.2 Å². The Morgan fingerprint density at radius 3 is 2.58 bits per heavy atom. The summed E-state index contributed by atoms with van der Waals surface area (Å²) < 4.78 is 37.0. The van der Waals surface area contributed by atoms with Crippen molar-refractivity contribution in [1.29, 1.82) is 5.26 Å². The van der Waals surface area contributed by atoms with E-state index in [1.54, 1.807) is 24.0 Å². The minimum atomic E-state index is -0.561. The molecule has 0 atom stereocenters. The number of amidine groups is 1. The summed E-state index contributed by atoms with van der Waals surface area (Å²) in [5.41, 5.74) is 2.79. The number of nitrogens with zero attached hydrogens (tertiary/aromatic N) is 4. The van der Waals surface area contributed by atoms with Gasteiger partial charge in [-0.05, 0) is 43.0 Å². The maximum absolute atomic E-state index is 15.6. The van der Waals surface area contributed by atoms with Crippen LogP contribution < -0.4 is 19.1 Å². The lowest BCUT2D eigenvalue weighted by molar-refractivity contribution is 0.0963. The van der Waals surface area contributed by atoms with Crippen molar-refractivity contribution in [3.8, 4) is 23.3 Å². The lowest BCUT2D eigenvalue weighted by atomic mass is 9.84. The highest BCUT2D eigenvalue weighted by atomic mass is 79.9. The Hall–Kier alpha value is -3.32. The van der Waals surface area contributed by atoms with Gasteiger partial charge in [-0.15, -0.1) is 0 Å². The molecule has 8 nitrogen and oxygen atoms in total. The first-order chi connectivity index (χ1) is 18.1. The van der Waals surface area contributed by atoms with E-state index in [-0.39, 0.29) is 48.8 Å². The van der Waals surface area contributed by atoms with E-state index in [1.165, 1.54) is 0 Å². The zero-order chi connectivity index (χ0) is 27.6. The molecule has 10 heteroatoms. The van der Waals surface area contributed by atoms with Crippen molar-refractivity contribution in [2.24, 2.45) is 4.02 Å². The van der Waals surface area contributed by atoms with Crippen LogP contribution in [-0.4, -0.2) is 56.0 Å². The van der Waals surface area contributed by atoms with Crippen LogP contribution >= 0.6 is 16.1 Å². The molecule has 0 fully saturated rings. The molecule has 0 saturated heterocycles. The van der Waals surface area contributed by atoms with Gasteiger partial charge < -0.3 is 24.0 Å². The summed E-state index contributed by atoms with van der Waals surface area (Å²) in [6.07, 6.45) is 0. The second-order valence-electron chi connectivity index (χ2n) is 10.2. The second-order valence-corrected chi connectivity index (χ2v) is 10.5. The summed E-state index contributed by atoms with van der Waals surface area (Å²) in [5, 5.41) is 9.34. The SMILES string of the molecule is CCOc1cc2c(c(F)c1OCC)/C(=N/Br)N(CC(=O)c1cc3c(c(C(C)(C)C)c1)OCCN3CC#N)C2. The second kappa shape index (κ2) is 11.2. The maximum atomic E-state index is 15.6. The maximum Gasteiger partial charge on any atom is 0.197 e. The van der Waals surface area contributed by atoms with Crippen molar-refractivity contribution in [3.63, 3.8) is 0 Å². The number of ketones is 1. The topological polar surface area (TPSA) is 87.4 Å². The third-order valence-electron chi connectivity index (χ3n) is 6.57. The van der Waals surface area contributed by atoms with Crippen LogP contribution in [-0.2, 0) is 12.0 Å². The molecule has 2 aliphatic heterocycles. The predicted octanol–water partition coefficient (Wildman–Crippen LogP) is 5.40. The van der Waals surface area contributed by atoms with E-state index in [4.69, 9.17) is 14.2 Å². The van der Waals surface area contributed by atoms with Crippen molar-refractivity contribution in [3.05, 3.63) is 46.3 Å². The number of anilines is 1. The average Bonchev–Trinajstić information content (AvgIpc) is 3.22. The molecule has 0 amide bonds. The van der Waals surface area contributed by atoms with Crippen LogP contribution in [0, 0.1) is 17.1 Å². The third kappa shape index (κ3) is 5.17. The van der Waals surface area contributed by atoms with Gasteiger partial charge in [0.25, 0.3) is 0 Å². The zero-order valence-electron chi connectivity index (χ0n) is 22.4. The Balaban J connectivity index is 1.70. The summed E-state index contributed by atoms with van der Waals surface area (Å²) in [6, 6.07) is 7.61. The quantitative estimate of drug-likeness (QED) is 0.302. The van der Waals surface area contributed by atoms with Gasteiger partial charge in [-0.25, -0.2) is 4.39 Å². The number of Topliss-reactive ketones (excluding diaryl/α,β-unsaturated/α-hetero) is 1. The van der Waals surface area contributed by atoms with Crippen molar-refractivity contribution in [1.82, 2.24) is 4.90 Å². The van der Waals surface area contributed by atoms with E-state index < -0.39 is 5.82 Å². The molecule has 202 valence electrons. The number of benzene rings is 2. The average molecular weight is 587 g/mol. The summed E-state index contributed by atoms with van der Waals surface area (Å²) in [7, 11) is 0. The molecule has 0 saturated carbocycles. The molecular weight excluding hydrogens is 555 g/mol. The van der Waals surface area contributed by atoms with E-state index in [1.807, 2.05) is 17.9 Å². The van der Waals surface area contributed by atoms with E-state index in [2.05, 4.69) is 47.0 Å². The number of carbonyl (C=O) groups excluding carboxylic acids is 1. The molecule has 0 N–H and O–H groups in total. The highest BCUT2D eigenvalue weighted by Crippen LogP contribution is 2.43. The number of ether oxygens (including phenoxy) is 3. The van der Waals surface area contributed by atoms with Crippen molar-refractivity contribution < 1.29 is 23.4 Å². The standard InChI is InChI=1S/C28H32BrFN4O4/c1-6-36-22-14-18-15-34(27(32-29)23(18)24(30)26(22)37-7-2)16-21(35)17-12-19(28(3,4)5)25-20(13-17)33(9-8-31)10-11-38-25/h12-14H,6-7,9-11,15-16H2,1-5H3/b32-27-. The van der Waals surface area contributed by atoms with Gasteiger partial charge in [0.2, 0.25) is 0 Å². The Labute approximate surface area is 231 Å². The van der Waals surface area contributed by atoms with E-state index in [0.717, 1.165) is 11.3 Å². The molecule has 0 spiro atoms. The Morgan fingerprint density at radius 1 is 1.21 bits per heavy atom. The Kier molecular flexibility index (Phi) is 8.16. The number of fused-ring (bicyclic) bond motifs is 2. The molecule has 2 aliphatic rings. The normalized spacial score (nSPS) is 15.6. The van der Waals surface area contributed by atoms with Gasteiger partial charge in [0.05, 0.1) is 59.8 Å². The molecule has 2 heterocycles. The van der Waals surface area contributed by atoms with Crippen molar-refractivity contribution in [2.45, 2.75) is 46.6 Å². The molecule has 0 unspecified atom stereocenters. The van der Waals surface area contributed by atoms with Crippen molar-refractivity contribution in [2.75, 3.05) is 44.4 Å². The molecule has 38 heavy (non-hydrogen) atoms. The van der Waals surface area contributed by atoms with E-state index in [9.17, 15) is 10.1 Å². The number of rotatable bonds is 8. The summed E-state index contributed by atoms with van der Waals surface area (Å²) in [6.45, 7) is 11.9. The zero-order valence-corrected chi connectivity index (χ0v) is 23.9. The number of hydrogen-bond acceptors (Lipinski definition) is 7. The van der Waals surface area contributed by atoms with Gasteiger partial charge >= 0.3 is 0 Å². The highest BCUT2D eigenvalue weighted by molar-refractivity contribution is 9.08.